The van der Waals surface area contributed by atoms with Crippen LogP contribution in [0.3, 0.4) is 0 Å². The van der Waals surface area contributed by atoms with Gasteiger partial charge >= 0.3 is 0 Å². The van der Waals surface area contributed by atoms with Crippen LogP contribution in [-0.2, 0) is 0 Å². The fourth-order valence-corrected chi connectivity index (χ4v) is 4.42. The zero-order valence-corrected chi connectivity index (χ0v) is 16.1. The number of hydrogen-bond donors (Lipinski definition) is 0. The zero-order chi connectivity index (χ0) is 16.3. The van der Waals surface area contributed by atoms with Crippen molar-refractivity contribution in [2.75, 3.05) is 0 Å². The molecule has 0 saturated carbocycles. The Labute approximate surface area is 144 Å². The van der Waals surface area contributed by atoms with Gasteiger partial charge in [0.25, 0.3) is 0 Å². The molecule has 0 saturated heterocycles. The summed E-state index contributed by atoms with van der Waals surface area (Å²) in [4.78, 5) is 4.09. The Morgan fingerprint density at radius 1 is 0.773 bits per heavy atom. The maximum atomic E-state index is 2.32. The fourth-order valence-electron chi connectivity index (χ4n) is 2.45. The summed E-state index contributed by atoms with van der Waals surface area (Å²) in [5.74, 6) is 0.593. The third-order valence-corrected chi connectivity index (χ3v) is 5.90. The van der Waals surface area contributed by atoms with E-state index in [1.165, 1.54) is 31.4 Å². The van der Waals surface area contributed by atoms with E-state index in [1.54, 1.807) is 0 Å². The maximum absolute atomic E-state index is 2.32. The lowest BCUT2D eigenvalue weighted by Gasteiger charge is -2.14. The van der Waals surface area contributed by atoms with E-state index >= 15 is 0 Å². The van der Waals surface area contributed by atoms with E-state index in [9.17, 15) is 0 Å². The van der Waals surface area contributed by atoms with Crippen LogP contribution < -0.4 is 0 Å². The van der Waals surface area contributed by atoms with Crippen LogP contribution in [0, 0.1) is 13.8 Å². The summed E-state index contributed by atoms with van der Waals surface area (Å²) in [5.41, 5.74) is 4.18. The van der Waals surface area contributed by atoms with E-state index in [2.05, 4.69) is 77.9 Å². The van der Waals surface area contributed by atoms with E-state index in [0.717, 1.165) is 0 Å². The molecule has 0 bridgehead atoms. The second kappa shape index (κ2) is 7.61. The van der Waals surface area contributed by atoms with Crippen molar-refractivity contribution in [3.8, 4) is 0 Å². The van der Waals surface area contributed by atoms with Crippen LogP contribution in [0.15, 0.2) is 51.1 Å². The summed E-state index contributed by atoms with van der Waals surface area (Å²) in [5, 5.41) is 0.625. The van der Waals surface area contributed by atoms with Gasteiger partial charge in [0.2, 0.25) is 0 Å². The molecule has 2 aromatic carbocycles. The first-order valence-electron chi connectivity index (χ1n) is 7.92. The summed E-state index contributed by atoms with van der Waals surface area (Å²) < 4.78 is 0. The normalized spacial score (nSPS) is 11.5. The average Bonchev–Trinajstić information content (AvgIpc) is 2.43. The van der Waals surface area contributed by atoms with Crippen LogP contribution in [0.4, 0.5) is 0 Å². The smallest absolute Gasteiger partial charge is 0.0134 e. The SMILES string of the molecule is Cc1cc(Sc2ccc(C(C)C)cc2)cc(C)c1SC(C)C. The second-order valence-corrected chi connectivity index (χ2v) is 9.11. The summed E-state index contributed by atoms with van der Waals surface area (Å²) >= 11 is 3.82. The van der Waals surface area contributed by atoms with E-state index in [-0.39, 0.29) is 0 Å². The lowest BCUT2D eigenvalue weighted by Crippen LogP contribution is -1.92. The molecule has 0 aliphatic heterocycles. The van der Waals surface area contributed by atoms with Gasteiger partial charge in [-0.25, -0.2) is 0 Å². The van der Waals surface area contributed by atoms with Gasteiger partial charge in [-0.05, 0) is 60.7 Å². The van der Waals surface area contributed by atoms with Gasteiger partial charge < -0.3 is 0 Å². The monoisotopic (exact) mass is 330 g/mol. The lowest BCUT2D eigenvalue weighted by atomic mass is 10.0. The Bertz CT molecular complexity index is 602. The molecule has 0 nitrogen and oxygen atoms in total. The topological polar surface area (TPSA) is 0 Å². The molecule has 0 fully saturated rings. The predicted octanol–water partition coefficient (Wildman–Crippen LogP) is 7.08. The number of rotatable bonds is 5. The van der Waals surface area contributed by atoms with Crippen molar-refractivity contribution in [3.05, 3.63) is 53.1 Å². The maximum Gasteiger partial charge on any atom is 0.0134 e. The lowest BCUT2D eigenvalue weighted by molar-refractivity contribution is 0.865. The highest BCUT2D eigenvalue weighted by atomic mass is 32.2. The van der Waals surface area contributed by atoms with Crippen molar-refractivity contribution < 1.29 is 0 Å². The van der Waals surface area contributed by atoms with Crippen molar-refractivity contribution in [1.82, 2.24) is 0 Å². The van der Waals surface area contributed by atoms with Gasteiger partial charge in [-0.3, -0.25) is 0 Å². The van der Waals surface area contributed by atoms with Crippen LogP contribution in [0.25, 0.3) is 0 Å². The molecule has 2 rings (SSSR count). The minimum Gasteiger partial charge on any atom is -0.123 e. The molecule has 0 spiro atoms. The van der Waals surface area contributed by atoms with Gasteiger partial charge in [0.15, 0.2) is 0 Å². The molecule has 0 aliphatic rings. The van der Waals surface area contributed by atoms with E-state index in [1.807, 2.05) is 23.5 Å². The quantitative estimate of drug-likeness (QED) is 0.537. The first-order valence-corrected chi connectivity index (χ1v) is 9.62. The summed E-state index contributed by atoms with van der Waals surface area (Å²) in [6.07, 6.45) is 0. The minimum absolute atomic E-state index is 0.593. The third-order valence-electron chi connectivity index (χ3n) is 3.57. The van der Waals surface area contributed by atoms with Gasteiger partial charge in [0.05, 0.1) is 0 Å². The highest BCUT2D eigenvalue weighted by Gasteiger charge is 2.09. The number of benzene rings is 2. The Morgan fingerprint density at radius 3 is 1.77 bits per heavy atom. The Hall–Kier alpha value is -0.860. The van der Waals surface area contributed by atoms with E-state index in [4.69, 9.17) is 0 Å². The minimum atomic E-state index is 0.593. The largest absolute Gasteiger partial charge is 0.123 e. The molecule has 2 aromatic rings. The van der Waals surface area contributed by atoms with Crippen LogP contribution in [-0.4, -0.2) is 5.25 Å². The molecule has 0 aromatic heterocycles. The standard InChI is InChI=1S/C20H26S2/c1-13(2)17-7-9-18(10-8-17)22-19-11-15(5)20(16(6)12-19)21-14(3)4/h7-14H,1-6H3. The van der Waals surface area contributed by atoms with E-state index in [0.29, 0.717) is 11.2 Å². The molecular formula is C20H26S2. The molecule has 0 radical (unpaired) electrons. The molecule has 0 amide bonds. The van der Waals surface area contributed by atoms with Crippen molar-refractivity contribution in [2.24, 2.45) is 0 Å². The van der Waals surface area contributed by atoms with Crippen LogP contribution in [0.5, 0.6) is 0 Å². The van der Waals surface area contributed by atoms with Crippen molar-refractivity contribution in [3.63, 3.8) is 0 Å². The Balaban J connectivity index is 2.19. The fraction of sp³-hybridized carbons (Fsp3) is 0.400. The van der Waals surface area contributed by atoms with Gasteiger partial charge in [-0.1, -0.05) is 51.6 Å². The van der Waals surface area contributed by atoms with Gasteiger partial charge in [0.1, 0.15) is 0 Å². The zero-order valence-electron chi connectivity index (χ0n) is 14.4. The highest BCUT2D eigenvalue weighted by molar-refractivity contribution is 8.00. The van der Waals surface area contributed by atoms with Crippen LogP contribution in [0.2, 0.25) is 0 Å². The molecule has 0 atom stereocenters. The molecule has 0 unspecified atom stereocenters. The third kappa shape index (κ3) is 4.57. The first kappa shape index (κ1) is 17.5. The predicted molar refractivity (Wildman–Crippen MR) is 102 cm³/mol. The molecule has 22 heavy (non-hydrogen) atoms. The Kier molecular flexibility index (Phi) is 6.05. The van der Waals surface area contributed by atoms with Gasteiger partial charge in [-0.15, -0.1) is 11.8 Å². The van der Waals surface area contributed by atoms with Crippen molar-refractivity contribution >= 4 is 23.5 Å². The van der Waals surface area contributed by atoms with Gasteiger partial charge in [0, 0.05) is 19.9 Å². The van der Waals surface area contributed by atoms with Crippen molar-refractivity contribution in [1.29, 1.82) is 0 Å². The van der Waals surface area contributed by atoms with Crippen LogP contribution >= 0.6 is 23.5 Å². The number of hydrogen-bond acceptors (Lipinski definition) is 2. The number of aryl methyl sites for hydroxylation is 2. The summed E-state index contributed by atoms with van der Waals surface area (Å²) in [6, 6.07) is 13.6. The Morgan fingerprint density at radius 2 is 1.32 bits per heavy atom. The molecule has 0 N–H and O–H groups in total. The molecular weight excluding hydrogens is 304 g/mol. The molecule has 0 heterocycles. The van der Waals surface area contributed by atoms with Crippen LogP contribution in [0.1, 0.15) is 50.3 Å². The first-order chi connectivity index (χ1) is 10.4. The number of thioether (sulfide) groups is 1. The highest BCUT2D eigenvalue weighted by Crippen LogP contribution is 2.36. The summed E-state index contributed by atoms with van der Waals surface area (Å²) in [6.45, 7) is 13.4. The summed E-state index contributed by atoms with van der Waals surface area (Å²) in [7, 11) is 0. The van der Waals surface area contributed by atoms with Crippen molar-refractivity contribution in [2.45, 2.75) is 67.4 Å². The van der Waals surface area contributed by atoms with E-state index < -0.39 is 0 Å². The second-order valence-electron chi connectivity index (χ2n) is 6.38. The average molecular weight is 331 g/mol. The molecule has 2 heteroatoms. The molecule has 118 valence electrons. The van der Waals surface area contributed by atoms with Gasteiger partial charge in [-0.2, -0.15) is 0 Å². The molecule has 0 aliphatic carbocycles.